The Morgan fingerprint density at radius 1 is 1.53 bits per heavy atom. The lowest BCUT2D eigenvalue weighted by Crippen LogP contribution is -2.55. The van der Waals surface area contributed by atoms with Gasteiger partial charge in [0.2, 0.25) is 5.91 Å². The highest BCUT2D eigenvalue weighted by Gasteiger charge is 2.44. The maximum Gasteiger partial charge on any atom is 0.228 e. The van der Waals surface area contributed by atoms with E-state index >= 15 is 0 Å². The summed E-state index contributed by atoms with van der Waals surface area (Å²) in [5, 5.41) is 6.37. The van der Waals surface area contributed by atoms with Crippen molar-refractivity contribution in [3.8, 4) is 0 Å². The first-order chi connectivity index (χ1) is 7.15. The van der Waals surface area contributed by atoms with Crippen LogP contribution in [0.2, 0.25) is 0 Å². The molecule has 2 N–H and O–H groups in total. The molecule has 2 saturated heterocycles. The quantitative estimate of drug-likeness (QED) is 0.699. The number of carbonyl (C=O) groups excluding carboxylic acids is 1. The Hall–Kier alpha value is -0.610. The van der Waals surface area contributed by atoms with Gasteiger partial charge in [-0.1, -0.05) is 13.8 Å². The molecular weight excluding hydrogens is 192 g/mol. The molecule has 0 aliphatic carbocycles. The fourth-order valence-corrected chi connectivity index (χ4v) is 2.31. The Morgan fingerprint density at radius 3 is 2.67 bits per heavy atom. The molecule has 2 fully saturated rings. The molecule has 86 valence electrons. The lowest BCUT2D eigenvalue weighted by atomic mass is 9.75. The van der Waals surface area contributed by atoms with Gasteiger partial charge in [0.25, 0.3) is 0 Å². The Morgan fingerprint density at radius 2 is 2.27 bits per heavy atom. The van der Waals surface area contributed by atoms with Gasteiger partial charge in [-0.2, -0.15) is 0 Å². The van der Waals surface area contributed by atoms with E-state index < -0.39 is 0 Å². The Balaban J connectivity index is 2.00. The normalized spacial score (nSPS) is 31.7. The molecule has 1 unspecified atom stereocenters. The summed E-state index contributed by atoms with van der Waals surface area (Å²) < 4.78 is 5.06. The van der Waals surface area contributed by atoms with Crippen LogP contribution >= 0.6 is 0 Å². The molecule has 2 heterocycles. The van der Waals surface area contributed by atoms with Crippen LogP contribution in [0.1, 0.15) is 20.3 Å². The van der Waals surface area contributed by atoms with E-state index in [0.29, 0.717) is 19.1 Å². The summed E-state index contributed by atoms with van der Waals surface area (Å²) in [6.07, 6.45) is 0.948. The molecule has 0 saturated carbocycles. The van der Waals surface area contributed by atoms with Crippen molar-refractivity contribution in [2.75, 3.05) is 26.3 Å². The maximum atomic E-state index is 12.2. The maximum absolute atomic E-state index is 12.2. The molecule has 2 rings (SSSR count). The molecule has 0 spiro atoms. The van der Waals surface area contributed by atoms with E-state index in [4.69, 9.17) is 4.74 Å². The van der Waals surface area contributed by atoms with Gasteiger partial charge in [0.15, 0.2) is 0 Å². The predicted molar refractivity (Wildman–Crippen MR) is 57.5 cm³/mol. The molecule has 4 heteroatoms. The number of ether oxygens (including phenoxy) is 1. The monoisotopic (exact) mass is 212 g/mol. The molecule has 15 heavy (non-hydrogen) atoms. The van der Waals surface area contributed by atoms with Crippen LogP contribution in [0.25, 0.3) is 0 Å². The van der Waals surface area contributed by atoms with Crippen LogP contribution in [0, 0.1) is 11.3 Å². The van der Waals surface area contributed by atoms with E-state index in [1.165, 1.54) is 0 Å². The summed E-state index contributed by atoms with van der Waals surface area (Å²) in [6.45, 7) is 7.37. The minimum absolute atomic E-state index is 0.199. The average Bonchev–Trinajstić information content (AvgIpc) is 2.60. The predicted octanol–water partition coefficient (Wildman–Crippen LogP) is 0.137. The zero-order chi connectivity index (χ0) is 10.9. The van der Waals surface area contributed by atoms with Crippen molar-refractivity contribution in [3.63, 3.8) is 0 Å². The Kier molecular flexibility index (Phi) is 2.98. The smallest absolute Gasteiger partial charge is 0.228 e. The lowest BCUT2D eigenvalue weighted by Gasteiger charge is -2.35. The van der Waals surface area contributed by atoms with Gasteiger partial charge in [0.05, 0.1) is 24.7 Å². The SMILES string of the molecule is CC(C)C1(C(=O)NC2COC2)CCNC1. The van der Waals surface area contributed by atoms with Gasteiger partial charge < -0.3 is 15.4 Å². The van der Waals surface area contributed by atoms with Crippen molar-refractivity contribution in [3.05, 3.63) is 0 Å². The second kappa shape index (κ2) is 4.10. The summed E-state index contributed by atoms with van der Waals surface area (Å²) in [5.41, 5.74) is -0.199. The van der Waals surface area contributed by atoms with Gasteiger partial charge in [-0.15, -0.1) is 0 Å². The van der Waals surface area contributed by atoms with Crippen molar-refractivity contribution >= 4 is 5.91 Å². The Bertz CT molecular complexity index is 243. The Labute approximate surface area is 90.8 Å². The van der Waals surface area contributed by atoms with E-state index in [1.807, 2.05) is 0 Å². The third-order valence-electron chi connectivity index (χ3n) is 3.72. The third kappa shape index (κ3) is 1.88. The molecule has 4 nitrogen and oxygen atoms in total. The number of amides is 1. The van der Waals surface area contributed by atoms with Gasteiger partial charge in [-0.05, 0) is 18.9 Å². The molecule has 0 aromatic carbocycles. The summed E-state index contributed by atoms with van der Waals surface area (Å²) in [4.78, 5) is 12.2. The summed E-state index contributed by atoms with van der Waals surface area (Å²) in [7, 11) is 0. The number of carbonyl (C=O) groups is 1. The zero-order valence-electron chi connectivity index (χ0n) is 9.51. The van der Waals surface area contributed by atoms with Crippen molar-refractivity contribution in [2.45, 2.75) is 26.3 Å². The fourth-order valence-electron chi connectivity index (χ4n) is 2.31. The molecule has 2 aliphatic rings. The van der Waals surface area contributed by atoms with Crippen LogP contribution in [0.3, 0.4) is 0 Å². The van der Waals surface area contributed by atoms with Crippen LogP contribution < -0.4 is 10.6 Å². The molecule has 0 aromatic rings. The van der Waals surface area contributed by atoms with Gasteiger partial charge in [0.1, 0.15) is 0 Å². The first-order valence-electron chi connectivity index (χ1n) is 5.74. The largest absolute Gasteiger partial charge is 0.377 e. The highest BCUT2D eigenvalue weighted by atomic mass is 16.5. The van der Waals surface area contributed by atoms with Crippen molar-refractivity contribution in [1.82, 2.24) is 10.6 Å². The van der Waals surface area contributed by atoms with Gasteiger partial charge in [-0.25, -0.2) is 0 Å². The van der Waals surface area contributed by atoms with E-state index in [0.717, 1.165) is 19.5 Å². The third-order valence-corrected chi connectivity index (χ3v) is 3.72. The lowest BCUT2D eigenvalue weighted by molar-refractivity contribution is -0.136. The molecule has 2 aliphatic heterocycles. The summed E-state index contributed by atoms with van der Waals surface area (Å²) in [6, 6.07) is 0.244. The van der Waals surface area contributed by atoms with Crippen molar-refractivity contribution in [1.29, 1.82) is 0 Å². The van der Waals surface area contributed by atoms with Crippen molar-refractivity contribution in [2.24, 2.45) is 11.3 Å². The standard InChI is InChI=1S/C11H20N2O2/c1-8(2)11(3-4-12-7-11)10(14)13-9-5-15-6-9/h8-9,12H,3-7H2,1-2H3,(H,13,14). The number of hydrogen-bond acceptors (Lipinski definition) is 3. The molecule has 0 aromatic heterocycles. The van der Waals surface area contributed by atoms with E-state index in [1.54, 1.807) is 0 Å². The summed E-state index contributed by atoms with van der Waals surface area (Å²) in [5.74, 6) is 0.587. The van der Waals surface area contributed by atoms with Crippen molar-refractivity contribution < 1.29 is 9.53 Å². The van der Waals surface area contributed by atoms with Gasteiger partial charge in [0, 0.05) is 6.54 Å². The topological polar surface area (TPSA) is 50.4 Å². The van der Waals surface area contributed by atoms with Crippen LogP contribution in [-0.2, 0) is 9.53 Å². The average molecular weight is 212 g/mol. The molecule has 1 amide bonds. The molecule has 0 radical (unpaired) electrons. The van der Waals surface area contributed by atoms with E-state index in [9.17, 15) is 4.79 Å². The first kappa shape index (κ1) is 10.9. The fraction of sp³-hybridized carbons (Fsp3) is 0.909. The van der Waals surface area contributed by atoms with Gasteiger partial charge in [-0.3, -0.25) is 4.79 Å². The van der Waals surface area contributed by atoms with Crippen LogP contribution in [0.15, 0.2) is 0 Å². The summed E-state index contributed by atoms with van der Waals surface area (Å²) >= 11 is 0. The number of hydrogen-bond donors (Lipinski definition) is 2. The van der Waals surface area contributed by atoms with Crippen LogP contribution in [0.5, 0.6) is 0 Å². The van der Waals surface area contributed by atoms with E-state index in [-0.39, 0.29) is 17.4 Å². The van der Waals surface area contributed by atoms with Crippen LogP contribution in [0.4, 0.5) is 0 Å². The number of rotatable bonds is 3. The second-order valence-electron chi connectivity index (χ2n) is 4.95. The first-order valence-corrected chi connectivity index (χ1v) is 5.74. The highest BCUT2D eigenvalue weighted by molar-refractivity contribution is 5.84. The molecular formula is C11H20N2O2. The number of nitrogens with one attached hydrogen (secondary N) is 2. The highest BCUT2D eigenvalue weighted by Crippen LogP contribution is 2.34. The second-order valence-corrected chi connectivity index (χ2v) is 4.95. The van der Waals surface area contributed by atoms with E-state index in [2.05, 4.69) is 24.5 Å². The molecule has 1 atom stereocenters. The van der Waals surface area contributed by atoms with Gasteiger partial charge >= 0.3 is 0 Å². The zero-order valence-corrected chi connectivity index (χ0v) is 9.51. The van der Waals surface area contributed by atoms with Crippen LogP contribution in [-0.4, -0.2) is 38.3 Å². The minimum atomic E-state index is -0.199. The minimum Gasteiger partial charge on any atom is -0.377 e. The molecule has 0 bridgehead atoms.